The van der Waals surface area contributed by atoms with E-state index in [9.17, 15) is 14.4 Å². The zero-order chi connectivity index (χ0) is 19.6. The van der Waals surface area contributed by atoms with Gasteiger partial charge in [-0.05, 0) is 25.5 Å². The lowest BCUT2D eigenvalue weighted by atomic mass is 10.2. The van der Waals surface area contributed by atoms with Crippen LogP contribution in [0.25, 0.3) is 0 Å². The molecular formula is C18H20N2O5S2. The highest BCUT2D eigenvalue weighted by Gasteiger charge is 2.12. The van der Waals surface area contributed by atoms with Crippen LogP contribution in [0.15, 0.2) is 34.5 Å². The molecule has 9 heteroatoms. The summed E-state index contributed by atoms with van der Waals surface area (Å²) in [7, 11) is 0. The van der Waals surface area contributed by atoms with E-state index >= 15 is 0 Å². The van der Waals surface area contributed by atoms with Crippen molar-refractivity contribution in [2.45, 2.75) is 25.2 Å². The van der Waals surface area contributed by atoms with E-state index in [1.54, 1.807) is 12.3 Å². The first-order chi connectivity index (χ1) is 13.0. The number of hydrogen-bond donors (Lipinski definition) is 1. The Hall–Kier alpha value is -2.39. The molecule has 0 aliphatic heterocycles. The molecule has 0 fully saturated rings. The third kappa shape index (κ3) is 7.40. The Morgan fingerprint density at radius 1 is 1.19 bits per heavy atom. The van der Waals surface area contributed by atoms with Gasteiger partial charge in [0, 0.05) is 10.3 Å². The van der Waals surface area contributed by atoms with Crippen LogP contribution in [-0.2, 0) is 30.3 Å². The van der Waals surface area contributed by atoms with Gasteiger partial charge in [-0.1, -0.05) is 18.2 Å². The number of carbonyl (C=O) groups excluding carboxylic acids is 3. The number of rotatable bonds is 9. The summed E-state index contributed by atoms with van der Waals surface area (Å²) in [5.41, 5.74) is 1.59. The molecule has 27 heavy (non-hydrogen) atoms. The van der Waals surface area contributed by atoms with Crippen LogP contribution in [0.4, 0.5) is 5.13 Å². The van der Waals surface area contributed by atoms with E-state index < -0.39 is 11.9 Å². The lowest BCUT2D eigenvalue weighted by Gasteiger charge is -2.06. The van der Waals surface area contributed by atoms with E-state index in [0.717, 1.165) is 10.5 Å². The quantitative estimate of drug-likeness (QED) is 0.503. The topological polar surface area (TPSA) is 94.6 Å². The highest BCUT2D eigenvalue weighted by Crippen LogP contribution is 2.21. The van der Waals surface area contributed by atoms with Crippen LogP contribution in [-0.4, -0.2) is 41.8 Å². The molecule has 0 radical (unpaired) electrons. The van der Waals surface area contributed by atoms with E-state index in [2.05, 4.69) is 10.3 Å². The first-order valence-corrected chi connectivity index (χ1v) is 10.1. The number of thiazole rings is 1. The molecule has 1 aromatic carbocycles. The maximum Gasteiger partial charge on any atom is 0.316 e. The second kappa shape index (κ2) is 10.7. The van der Waals surface area contributed by atoms with Gasteiger partial charge in [-0.2, -0.15) is 0 Å². The van der Waals surface area contributed by atoms with E-state index in [4.69, 9.17) is 9.47 Å². The summed E-state index contributed by atoms with van der Waals surface area (Å²) in [4.78, 5) is 40.2. The average molecular weight is 409 g/mol. The molecule has 0 saturated carbocycles. The van der Waals surface area contributed by atoms with Crippen molar-refractivity contribution in [2.75, 3.05) is 24.3 Å². The number of nitrogens with one attached hydrogen (secondary N) is 1. The third-order valence-corrected chi connectivity index (χ3v) is 5.19. The van der Waals surface area contributed by atoms with Gasteiger partial charge in [-0.3, -0.25) is 19.7 Å². The third-order valence-electron chi connectivity index (χ3n) is 3.23. The number of hydrogen-bond acceptors (Lipinski definition) is 8. The van der Waals surface area contributed by atoms with Crippen molar-refractivity contribution in [1.82, 2.24) is 4.98 Å². The van der Waals surface area contributed by atoms with Gasteiger partial charge in [-0.15, -0.1) is 23.1 Å². The van der Waals surface area contributed by atoms with Crippen molar-refractivity contribution >= 4 is 46.1 Å². The van der Waals surface area contributed by atoms with E-state index in [0.29, 0.717) is 17.4 Å². The fourth-order valence-electron chi connectivity index (χ4n) is 2.00. The second-order valence-electron chi connectivity index (χ2n) is 5.39. The predicted octanol–water partition coefficient (Wildman–Crippen LogP) is 2.83. The minimum Gasteiger partial charge on any atom is -0.466 e. The van der Waals surface area contributed by atoms with Crippen LogP contribution in [0.1, 0.15) is 18.2 Å². The molecule has 0 aliphatic carbocycles. The summed E-state index contributed by atoms with van der Waals surface area (Å²) >= 11 is 2.55. The standard InChI is InChI=1S/C18H20N2O5S2/c1-3-24-16(22)8-13-10-27-18(19-13)20-15(21)9-25-17(23)11-26-14-7-5-4-6-12(14)2/h4-7,10H,3,8-9,11H2,1-2H3,(H,19,20,21). The summed E-state index contributed by atoms with van der Waals surface area (Å²) in [6, 6.07) is 7.72. The molecule has 7 nitrogen and oxygen atoms in total. The van der Waals surface area contributed by atoms with E-state index in [1.807, 2.05) is 31.2 Å². The lowest BCUT2D eigenvalue weighted by Crippen LogP contribution is -2.21. The zero-order valence-electron chi connectivity index (χ0n) is 15.0. The minimum absolute atomic E-state index is 0.0469. The number of thioether (sulfide) groups is 1. The summed E-state index contributed by atoms with van der Waals surface area (Å²) in [6.07, 6.45) is 0.0469. The highest BCUT2D eigenvalue weighted by atomic mass is 32.2. The number of ether oxygens (including phenoxy) is 2. The van der Waals surface area contributed by atoms with Crippen molar-refractivity contribution in [2.24, 2.45) is 0 Å². The van der Waals surface area contributed by atoms with Crippen LogP contribution < -0.4 is 5.32 Å². The van der Waals surface area contributed by atoms with Crippen molar-refractivity contribution in [3.63, 3.8) is 0 Å². The molecule has 0 saturated heterocycles. The number of benzene rings is 1. The molecule has 2 aromatic rings. The number of aryl methyl sites for hydroxylation is 1. The van der Waals surface area contributed by atoms with Crippen LogP contribution in [0.3, 0.4) is 0 Å². The van der Waals surface area contributed by atoms with Crippen molar-refractivity contribution < 1.29 is 23.9 Å². The summed E-state index contributed by atoms with van der Waals surface area (Å²) in [5.74, 6) is -1.21. The molecule has 1 N–H and O–H groups in total. The first kappa shape index (κ1) is 20.9. The Balaban J connectivity index is 1.71. The van der Waals surface area contributed by atoms with Gasteiger partial charge in [-0.25, -0.2) is 4.98 Å². The maximum atomic E-state index is 11.9. The van der Waals surface area contributed by atoms with Crippen LogP contribution in [0, 0.1) is 6.92 Å². The Morgan fingerprint density at radius 3 is 2.70 bits per heavy atom. The fourth-order valence-corrected chi connectivity index (χ4v) is 3.56. The molecule has 0 unspecified atom stereocenters. The molecule has 0 spiro atoms. The van der Waals surface area contributed by atoms with Gasteiger partial charge in [0.15, 0.2) is 11.7 Å². The van der Waals surface area contributed by atoms with E-state index in [1.165, 1.54) is 23.1 Å². The lowest BCUT2D eigenvalue weighted by molar-refractivity contribution is -0.144. The summed E-state index contributed by atoms with van der Waals surface area (Å²) in [6.45, 7) is 3.61. The molecule has 1 aromatic heterocycles. The highest BCUT2D eigenvalue weighted by molar-refractivity contribution is 8.00. The Kier molecular flexibility index (Phi) is 8.28. The predicted molar refractivity (Wildman–Crippen MR) is 104 cm³/mol. The molecule has 0 bridgehead atoms. The van der Waals surface area contributed by atoms with Crippen molar-refractivity contribution in [1.29, 1.82) is 0 Å². The molecule has 1 heterocycles. The molecular weight excluding hydrogens is 388 g/mol. The van der Waals surface area contributed by atoms with Gasteiger partial charge in [0.05, 0.1) is 24.5 Å². The first-order valence-electron chi connectivity index (χ1n) is 8.22. The number of nitrogens with zero attached hydrogens (tertiary/aromatic N) is 1. The smallest absolute Gasteiger partial charge is 0.316 e. The zero-order valence-corrected chi connectivity index (χ0v) is 16.7. The van der Waals surface area contributed by atoms with Crippen LogP contribution in [0.2, 0.25) is 0 Å². The number of amides is 1. The number of carbonyl (C=O) groups is 3. The molecule has 2 rings (SSSR count). The second-order valence-corrected chi connectivity index (χ2v) is 7.26. The molecule has 1 amide bonds. The number of esters is 2. The average Bonchev–Trinajstić information content (AvgIpc) is 3.06. The van der Waals surface area contributed by atoms with Crippen molar-refractivity contribution in [3.05, 3.63) is 40.9 Å². The number of aromatic nitrogens is 1. The summed E-state index contributed by atoms with van der Waals surface area (Å²) in [5, 5.41) is 4.54. The molecule has 0 aliphatic rings. The Labute approximate surface area is 165 Å². The normalized spacial score (nSPS) is 10.3. The monoisotopic (exact) mass is 408 g/mol. The van der Waals surface area contributed by atoms with Gasteiger partial charge >= 0.3 is 11.9 Å². The van der Waals surface area contributed by atoms with Gasteiger partial charge in [0.1, 0.15) is 0 Å². The van der Waals surface area contributed by atoms with Gasteiger partial charge < -0.3 is 9.47 Å². The van der Waals surface area contributed by atoms with Crippen LogP contribution in [0.5, 0.6) is 0 Å². The van der Waals surface area contributed by atoms with Crippen molar-refractivity contribution in [3.8, 4) is 0 Å². The molecule has 144 valence electrons. The summed E-state index contributed by atoms with van der Waals surface area (Å²) < 4.78 is 9.81. The fraction of sp³-hybridized carbons (Fsp3) is 0.333. The van der Waals surface area contributed by atoms with Gasteiger partial charge in [0.25, 0.3) is 5.91 Å². The molecule has 0 atom stereocenters. The van der Waals surface area contributed by atoms with Gasteiger partial charge in [0.2, 0.25) is 0 Å². The SMILES string of the molecule is CCOC(=O)Cc1csc(NC(=O)COC(=O)CSc2ccccc2C)n1. The van der Waals surface area contributed by atoms with Crippen LogP contribution >= 0.6 is 23.1 Å². The Morgan fingerprint density at radius 2 is 1.96 bits per heavy atom. The van der Waals surface area contributed by atoms with E-state index in [-0.39, 0.29) is 24.7 Å². The number of anilines is 1. The Bertz CT molecular complexity index is 807. The largest absolute Gasteiger partial charge is 0.466 e. The maximum absolute atomic E-state index is 11.9. The minimum atomic E-state index is -0.485.